The van der Waals surface area contributed by atoms with Crippen molar-refractivity contribution in [1.82, 2.24) is 0 Å². The van der Waals surface area contributed by atoms with Crippen molar-refractivity contribution in [3.63, 3.8) is 0 Å². The van der Waals surface area contributed by atoms with Crippen molar-refractivity contribution in [2.75, 3.05) is 0 Å². The molecule has 3 aromatic carbocycles. The Bertz CT molecular complexity index is 952. The summed E-state index contributed by atoms with van der Waals surface area (Å²) in [5.41, 5.74) is 2.74. The van der Waals surface area contributed by atoms with Gasteiger partial charge in [-0.15, -0.1) is 0 Å². The molecule has 0 heterocycles. The third-order valence-corrected chi connectivity index (χ3v) is 5.88. The van der Waals surface area contributed by atoms with Crippen LogP contribution >= 0.6 is 0 Å². The van der Waals surface area contributed by atoms with Crippen LogP contribution in [0, 0.1) is 0 Å². The number of hydrogen-bond acceptors (Lipinski definition) is 6. The molecule has 1 fully saturated rings. The predicted octanol–water partition coefficient (Wildman–Crippen LogP) is 2.84. The van der Waals surface area contributed by atoms with Crippen LogP contribution in [-0.2, 0) is 34.0 Å². The van der Waals surface area contributed by atoms with E-state index in [1.807, 2.05) is 91.0 Å². The zero-order valence-corrected chi connectivity index (χ0v) is 18.3. The first-order chi connectivity index (χ1) is 16.1. The van der Waals surface area contributed by atoms with Gasteiger partial charge in [0.05, 0.1) is 19.8 Å². The smallest absolute Gasteiger partial charge is 0.115 e. The molecule has 1 aliphatic rings. The summed E-state index contributed by atoms with van der Waals surface area (Å²) in [6.07, 6.45) is -6.68. The predicted molar refractivity (Wildman–Crippen MR) is 123 cm³/mol. The highest BCUT2D eigenvalue weighted by Crippen LogP contribution is 2.30. The number of aliphatic hydroxyl groups excluding tert-OH is 3. The van der Waals surface area contributed by atoms with Crippen molar-refractivity contribution in [3.8, 4) is 0 Å². The molecule has 0 aliphatic heterocycles. The summed E-state index contributed by atoms with van der Waals surface area (Å²) < 4.78 is 17.9. The molecule has 3 aromatic rings. The second-order valence-corrected chi connectivity index (χ2v) is 8.26. The Hall–Kier alpha value is -2.58. The third kappa shape index (κ3) is 6.06. The quantitative estimate of drug-likeness (QED) is 0.465. The largest absolute Gasteiger partial charge is 0.387 e. The molecule has 4 rings (SSSR count). The summed E-state index contributed by atoms with van der Waals surface area (Å²) >= 11 is 0. The molecule has 3 N–H and O–H groups in total. The Kier molecular flexibility index (Phi) is 8.23. The van der Waals surface area contributed by atoms with Crippen molar-refractivity contribution in [3.05, 3.63) is 108 Å². The summed E-state index contributed by atoms with van der Waals surface area (Å²) in [7, 11) is 0. The van der Waals surface area contributed by atoms with Gasteiger partial charge >= 0.3 is 0 Å². The van der Waals surface area contributed by atoms with E-state index in [1.54, 1.807) is 0 Å². The standard InChI is InChI=1S/C27H30O6/c28-22-23(29)26(32-17-20-12-6-2-7-13-20)27(33-18-21-14-8-3-9-15-21)24(30)25(22)31-16-19-10-4-1-5-11-19/h1-15,22-30H,16-18H2/t22-,23-,24-,25+,26+,27-/m1/s1. The highest BCUT2D eigenvalue weighted by molar-refractivity contribution is 5.16. The minimum Gasteiger partial charge on any atom is -0.387 e. The molecular weight excluding hydrogens is 420 g/mol. The first-order valence-electron chi connectivity index (χ1n) is 11.1. The van der Waals surface area contributed by atoms with Gasteiger partial charge < -0.3 is 29.5 Å². The molecule has 6 nitrogen and oxygen atoms in total. The normalized spacial score (nSPS) is 27.4. The van der Waals surface area contributed by atoms with Crippen LogP contribution in [0.25, 0.3) is 0 Å². The Morgan fingerprint density at radius 2 is 0.727 bits per heavy atom. The average Bonchev–Trinajstić information content (AvgIpc) is 2.86. The average molecular weight is 451 g/mol. The summed E-state index contributed by atoms with van der Waals surface area (Å²) in [6.45, 7) is 0.623. The number of ether oxygens (including phenoxy) is 3. The Morgan fingerprint density at radius 1 is 0.424 bits per heavy atom. The number of benzene rings is 3. The first-order valence-corrected chi connectivity index (χ1v) is 11.1. The lowest BCUT2D eigenvalue weighted by atomic mass is 9.84. The maximum absolute atomic E-state index is 11.1. The minimum absolute atomic E-state index is 0.188. The van der Waals surface area contributed by atoms with E-state index in [4.69, 9.17) is 14.2 Å². The highest BCUT2D eigenvalue weighted by atomic mass is 16.6. The Morgan fingerprint density at radius 3 is 1.12 bits per heavy atom. The van der Waals surface area contributed by atoms with E-state index in [-0.39, 0.29) is 19.8 Å². The Labute approximate surface area is 194 Å². The van der Waals surface area contributed by atoms with Crippen molar-refractivity contribution >= 4 is 0 Å². The fourth-order valence-corrected chi connectivity index (χ4v) is 4.05. The van der Waals surface area contributed by atoms with Crippen molar-refractivity contribution in [2.45, 2.75) is 56.4 Å². The lowest BCUT2D eigenvalue weighted by Crippen LogP contribution is -2.65. The topological polar surface area (TPSA) is 88.4 Å². The molecule has 174 valence electrons. The number of hydrogen-bond donors (Lipinski definition) is 3. The second kappa shape index (κ2) is 11.5. The minimum atomic E-state index is -1.33. The summed E-state index contributed by atoms with van der Waals surface area (Å²) in [5, 5.41) is 32.8. The van der Waals surface area contributed by atoms with Crippen LogP contribution in [0.1, 0.15) is 16.7 Å². The zero-order valence-electron chi connectivity index (χ0n) is 18.3. The van der Waals surface area contributed by atoms with Crippen LogP contribution in [-0.4, -0.2) is 51.9 Å². The van der Waals surface area contributed by atoms with Gasteiger partial charge in [0.25, 0.3) is 0 Å². The molecule has 0 radical (unpaired) electrons. The molecule has 33 heavy (non-hydrogen) atoms. The SMILES string of the molecule is O[C@@H]1[C@@H](O)[C@H](OCc2ccccc2)[C@H](OCc2ccccc2)[C@H](O)[C@H]1OCc1ccccc1. The van der Waals surface area contributed by atoms with Crippen molar-refractivity contribution < 1.29 is 29.5 Å². The number of rotatable bonds is 9. The lowest BCUT2D eigenvalue weighted by Gasteiger charge is -2.45. The monoisotopic (exact) mass is 450 g/mol. The fourth-order valence-electron chi connectivity index (χ4n) is 4.05. The molecule has 1 aliphatic carbocycles. The van der Waals surface area contributed by atoms with Gasteiger partial charge in [-0.25, -0.2) is 0 Å². The van der Waals surface area contributed by atoms with Gasteiger partial charge in [0.1, 0.15) is 36.6 Å². The summed E-state index contributed by atoms with van der Waals surface area (Å²) in [6, 6.07) is 28.6. The highest BCUT2D eigenvalue weighted by Gasteiger charge is 2.51. The van der Waals surface area contributed by atoms with E-state index in [9.17, 15) is 15.3 Å². The van der Waals surface area contributed by atoms with E-state index < -0.39 is 36.6 Å². The zero-order chi connectivity index (χ0) is 23.0. The van der Waals surface area contributed by atoms with Gasteiger partial charge in [0, 0.05) is 0 Å². The number of aliphatic hydroxyl groups is 3. The molecular formula is C27H30O6. The van der Waals surface area contributed by atoms with Gasteiger partial charge in [0.2, 0.25) is 0 Å². The molecule has 0 saturated heterocycles. The first kappa shape index (κ1) is 23.6. The van der Waals surface area contributed by atoms with E-state index >= 15 is 0 Å². The van der Waals surface area contributed by atoms with E-state index in [2.05, 4.69) is 0 Å². The Balaban J connectivity index is 1.49. The van der Waals surface area contributed by atoms with Gasteiger partial charge in [-0.3, -0.25) is 0 Å². The maximum atomic E-state index is 11.1. The van der Waals surface area contributed by atoms with Crippen LogP contribution in [0.4, 0.5) is 0 Å². The molecule has 6 heteroatoms. The molecule has 1 saturated carbocycles. The summed E-state index contributed by atoms with van der Waals surface area (Å²) in [5.74, 6) is 0. The van der Waals surface area contributed by atoms with Gasteiger partial charge in [-0.1, -0.05) is 91.0 Å². The second-order valence-electron chi connectivity index (χ2n) is 8.26. The third-order valence-electron chi connectivity index (χ3n) is 5.88. The summed E-state index contributed by atoms with van der Waals surface area (Å²) in [4.78, 5) is 0. The van der Waals surface area contributed by atoms with Gasteiger partial charge in [-0.2, -0.15) is 0 Å². The van der Waals surface area contributed by atoms with Crippen LogP contribution in [0.2, 0.25) is 0 Å². The van der Waals surface area contributed by atoms with Crippen molar-refractivity contribution in [1.29, 1.82) is 0 Å². The molecule has 0 aromatic heterocycles. The van der Waals surface area contributed by atoms with E-state index in [1.165, 1.54) is 0 Å². The molecule has 0 amide bonds. The van der Waals surface area contributed by atoms with Crippen LogP contribution < -0.4 is 0 Å². The lowest BCUT2D eigenvalue weighted by molar-refractivity contribution is -0.262. The molecule has 6 atom stereocenters. The van der Waals surface area contributed by atoms with E-state index in [0.29, 0.717) is 0 Å². The van der Waals surface area contributed by atoms with Crippen LogP contribution in [0.3, 0.4) is 0 Å². The van der Waals surface area contributed by atoms with Crippen LogP contribution in [0.5, 0.6) is 0 Å². The van der Waals surface area contributed by atoms with Crippen molar-refractivity contribution in [2.24, 2.45) is 0 Å². The fraction of sp³-hybridized carbons (Fsp3) is 0.333. The molecule has 0 bridgehead atoms. The van der Waals surface area contributed by atoms with E-state index in [0.717, 1.165) is 16.7 Å². The van der Waals surface area contributed by atoms with Gasteiger partial charge in [-0.05, 0) is 16.7 Å². The molecule has 0 unspecified atom stereocenters. The van der Waals surface area contributed by atoms with Crippen LogP contribution in [0.15, 0.2) is 91.0 Å². The van der Waals surface area contributed by atoms with Gasteiger partial charge in [0.15, 0.2) is 0 Å². The molecule has 0 spiro atoms. The maximum Gasteiger partial charge on any atom is 0.115 e.